The van der Waals surface area contributed by atoms with Crippen LogP contribution in [-0.4, -0.2) is 50.5 Å². The van der Waals surface area contributed by atoms with E-state index in [1.165, 1.54) is 6.07 Å². The second-order valence-corrected chi connectivity index (χ2v) is 9.78. The molecule has 0 aliphatic carbocycles. The van der Waals surface area contributed by atoms with Gasteiger partial charge in [-0.25, -0.2) is 13.1 Å². The third-order valence-corrected chi connectivity index (χ3v) is 6.43. The predicted molar refractivity (Wildman–Crippen MR) is 127 cm³/mol. The molecule has 0 aliphatic rings. The fraction of sp³-hybridized carbons (Fsp3) is 0.333. The van der Waals surface area contributed by atoms with Crippen LogP contribution in [0.25, 0.3) is 0 Å². The molecule has 0 unspecified atom stereocenters. The van der Waals surface area contributed by atoms with Crippen LogP contribution in [-0.2, 0) is 28.2 Å². The Bertz CT molecular complexity index is 1250. The zero-order chi connectivity index (χ0) is 24.2. The van der Waals surface area contributed by atoms with E-state index in [1.807, 2.05) is 30.3 Å². The SMILES string of the molecule is COCCNc1c(S(C)(=O)=O)ccc(C(=O)c2c(C)nn(C)c2OCc2ccccc2)c1C. The molecule has 0 aliphatic heterocycles. The van der Waals surface area contributed by atoms with E-state index in [2.05, 4.69) is 10.4 Å². The molecular formula is C24H29N3O5S. The minimum absolute atomic E-state index is 0.135. The van der Waals surface area contributed by atoms with Crippen molar-refractivity contribution >= 4 is 21.3 Å². The van der Waals surface area contributed by atoms with Crippen LogP contribution in [0, 0.1) is 13.8 Å². The van der Waals surface area contributed by atoms with E-state index < -0.39 is 9.84 Å². The summed E-state index contributed by atoms with van der Waals surface area (Å²) >= 11 is 0. The summed E-state index contributed by atoms with van der Waals surface area (Å²) in [5, 5.41) is 7.49. The van der Waals surface area contributed by atoms with Gasteiger partial charge in [-0.05, 0) is 37.1 Å². The number of nitrogens with one attached hydrogen (secondary N) is 1. The summed E-state index contributed by atoms with van der Waals surface area (Å²) in [5.74, 6) is 0.0813. The number of ether oxygens (including phenoxy) is 2. The van der Waals surface area contributed by atoms with Crippen LogP contribution in [0.15, 0.2) is 47.4 Å². The van der Waals surface area contributed by atoms with Crippen molar-refractivity contribution in [2.24, 2.45) is 7.05 Å². The Morgan fingerprint density at radius 1 is 1.12 bits per heavy atom. The number of ketones is 1. The average molecular weight is 472 g/mol. The van der Waals surface area contributed by atoms with Crippen molar-refractivity contribution in [2.45, 2.75) is 25.3 Å². The quantitative estimate of drug-likeness (QED) is 0.358. The highest BCUT2D eigenvalue weighted by Crippen LogP contribution is 2.32. The molecule has 33 heavy (non-hydrogen) atoms. The zero-order valence-electron chi connectivity index (χ0n) is 19.5. The van der Waals surface area contributed by atoms with E-state index in [1.54, 1.807) is 38.8 Å². The number of carbonyl (C=O) groups is 1. The summed E-state index contributed by atoms with van der Waals surface area (Å²) in [7, 11) is -0.220. The van der Waals surface area contributed by atoms with Crippen LogP contribution in [0.3, 0.4) is 0 Å². The summed E-state index contributed by atoms with van der Waals surface area (Å²) in [6.45, 7) is 4.55. The summed E-state index contributed by atoms with van der Waals surface area (Å²) in [4.78, 5) is 13.8. The lowest BCUT2D eigenvalue weighted by Gasteiger charge is -2.17. The Hall–Kier alpha value is -3.17. The molecule has 3 rings (SSSR count). The predicted octanol–water partition coefficient (Wildman–Crippen LogP) is 3.31. The molecule has 1 aromatic heterocycles. The maximum absolute atomic E-state index is 13.6. The number of hydrogen-bond donors (Lipinski definition) is 1. The molecule has 3 aromatic rings. The van der Waals surface area contributed by atoms with Crippen molar-refractivity contribution in [1.82, 2.24) is 9.78 Å². The van der Waals surface area contributed by atoms with Gasteiger partial charge in [-0.3, -0.25) is 4.79 Å². The molecule has 2 aromatic carbocycles. The van der Waals surface area contributed by atoms with Gasteiger partial charge in [0.2, 0.25) is 11.7 Å². The van der Waals surface area contributed by atoms with Gasteiger partial charge in [0.25, 0.3) is 0 Å². The van der Waals surface area contributed by atoms with Crippen LogP contribution in [0.4, 0.5) is 5.69 Å². The van der Waals surface area contributed by atoms with Crippen molar-refractivity contribution < 1.29 is 22.7 Å². The normalized spacial score (nSPS) is 11.4. The zero-order valence-corrected chi connectivity index (χ0v) is 20.3. The molecule has 1 N–H and O–H groups in total. The summed E-state index contributed by atoms with van der Waals surface area (Å²) in [5.41, 5.74) is 3.17. The Kier molecular flexibility index (Phi) is 7.55. The molecular weight excluding hydrogens is 442 g/mol. The summed E-state index contributed by atoms with van der Waals surface area (Å²) in [6.07, 6.45) is 1.14. The monoisotopic (exact) mass is 471 g/mol. The third-order valence-electron chi connectivity index (χ3n) is 5.29. The maximum Gasteiger partial charge on any atom is 0.223 e. The lowest BCUT2D eigenvalue weighted by Crippen LogP contribution is -2.15. The van der Waals surface area contributed by atoms with Gasteiger partial charge in [0.05, 0.1) is 22.9 Å². The van der Waals surface area contributed by atoms with Gasteiger partial charge < -0.3 is 14.8 Å². The largest absolute Gasteiger partial charge is 0.472 e. The molecule has 9 heteroatoms. The first-order valence-corrected chi connectivity index (χ1v) is 12.4. The smallest absolute Gasteiger partial charge is 0.223 e. The molecule has 8 nitrogen and oxygen atoms in total. The number of aryl methyl sites for hydroxylation is 2. The molecule has 0 saturated heterocycles. The van der Waals surface area contributed by atoms with Gasteiger partial charge in [0.15, 0.2) is 9.84 Å². The van der Waals surface area contributed by atoms with Crippen LogP contribution < -0.4 is 10.1 Å². The number of sulfone groups is 1. The van der Waals surface area contributed by atoms with Gasteiger partial charge in [0.1, 0.15) is 12.2 Å². The number of carbonyl (C=O) groups excluding carboxylic acids is 1. The van der Waals surface area contributed by atoms with Crippen molar-refractivity contribution in [3.8, 4) is 5.88 Å². The first kappa shape index (κ1) is 24.5. The van der Waals surface area contributed by atoms with Crippen molar-refractivity contribution in [3.05, 3.63) is 70.4 Å². The number of nitrogens with zero attached hydrogens (tertiary/aromatic N) is 2. The second-order valence-electron chi connectivity index (χ2n) is 7.80. The van der Waals surface area contributed by atoms with Crippen LogP contribution in [0.2, 0.25) is 0 Å². The van der Waals surface area contributed by atoms with Gasteiger partial charge in [-0.2, -0.15) is 5.10 Å². The number of rotatable bonds is 10. The van der Waals surface area contributed by atoms with E-state index >= 15 is 0 Å². The highest BCUT2D eigenvalue weighted by atomic mass is 32.2. The first-order valence-electron chi connectivity index (χ1n) is 10.5. The summed E-state index contributed by atoms with van der Waals surface area (Å²) < 4.78 is 37.3. The molecule has 176 valence electrons. The van der Waals surface area contributed by atoms with Crippen molar-refractivity contribution in [2.75, 3.05) is 31.8 Å². The van der Waals surface area contributed by atoms with Crippen LogP contribution >= 0.6 is 0 Å². The fourth-order valence-corrected chi connectivity index (χ4v) is 4.58. The molecule has 0 radical (unpaired) electrons. The molecule has 0 fully saturated rings. The van der Waals surface area contributed by atoms with E-state index in [4.69, 9.17) is 9.47 Å². The number of anilines is 1. The number of hydrogen-bond acceptors (Lipinski definition) is 7. The Morgan fingerprint density at radius 3 is 2.45 bits per heavy atom. The standard InChI is InChI=1S/C24H29N3O5S/c1-16-19(11-12-20(33(5,29)30)22(16)25-13-14-31-4)23(28)21-17(2)26-27(3)24(21)32-15-18-9-7-6-8-10-18/h6-12,25H,13-15H2,1-5H3. The Balaban J connectivity index is 2.02. The molecule has 1 heterocycles. The molecule has 0 bridgehead atoms. The van der Waals surface area contributed by atoms with Gasteiger partial charge in [-0.1, -0.05) is 30.3 Å². The highest BCUT2D eigenvalue weighted by molar-refractivity contribution is 7.90. The minimum Gasteiger partial charge on any atom is -0.472 e. The molecule has 0 spiro atoms. The fourth-order valence-electron chi connectivity index (χ4n) is 3.66. The second kappa shape index (κ2) is 10.2. The Labute approximate surface area is 194 Å². The molecule has 0 saturated carbocycles. The minimum atomic E-state index is -3.51. The Morgan fingerprint density at radius 2 is 1.82 bits per heavy atom. The van der Waals surface area contributed by atoms with Crippen LogP contribution in [0.5, 0.6) is 5.88 Å². The summed E-state index contributed by atoms with van der Waals surface area (Å²) in [6, 6.07) is 12.7. The topological polar surface area (TPSA) is 99.5 Å². The van der Waals surface area contributed by atoms with Gasteiger partial charge in [0, 0.05) is 32.5 Å². The van der Waals surface area contributed by atoms with Gasteiger partial charge >= 0.3 is 0 Å². The van der Waals surface area contributed by atoms with E-state index in [9.17, 15) is 13.2 Å². The lowest BCUT2D eigenvalue weighted by atomic mass is 9.97. The van der Waals surface area contributed by atoms with E-state index in [0.717, 1.165) is 11.8 Å². The van der Waals surface area contributed by atoms with Gasteiger partial charge in [-0.15, -0.1) is 0 Å². The molecule has 0 amide bonds. The number of benzene rings is 2. The molecule has 0 atom stereocenters. The van der Waals surface area contributed by atoms with Crippen molar-refractivity contribution in [3.63, 3.8) is 0 Å². The number of aromatic nitrogens is 2. The third kappa shape index (κ3) is 5.43. The maximum atomic E-state index is 13.6. The average Bonchev–Trinajstić information content (AvgIpc) is 3.05. The highest BCUT2D eigenvalue weighted by Gasteiger charge is 2.27. The van der Waals surface area contributed by atoms with E-state index in [-0.39, 0.29) is 17.3 Å². The number of methoxy groups -OCH3 is 1. The lowest BCUT2D eigenvalue weighted by molar-refractivity contribution is 0.103. The van der Waals surface area contributed by atoms with Crippen LogP contribution in [0.1, 0.15) is 32.7 Å². The first-order chi connectivity index (χ1) is 15.6. The van der Waals surface area contributed by atoms with Crippen molar-refractivity contribution in [1.29, 1.82) is 0 Å². The van der Waals surface area contributed by atoms with E-state index in [0.29, 0.717) is 47.1 Å².